The fourth-order valence-corrected chi connectivity index (χ4v) is 5.92. The molecule has 0 radical (unpaired) electrons. The van der Waals surface area contributed by atoms with Gasteiger partial charge in [0, 0.05) is 28.2 Å². The van der Waals surface area contributed by atoms with Crippen molar-refractivity contribution in [3.63, 3.8) is 0 Å². The number of anilines is 4. The highest BCUT2D eigenvalue weighted by atomic mass is 32.2. The fourth-order valence-electron chi connectivity index (χ4n) is 4.84. The first-order chi connectivity index (χ1) is 21.9. The van der Waals surface area contributed by atoms with E-state index >= 15 is 4.39 Å². The second kappa shape index (κ2) is 11.6. The number of rotatable bonds is 6. The molecule has 0 atom stereocenters. The molecule has 232 valence electrons. The number of benzene rings is 5. The van der Waals surface area contributed by atoms with Crippen LogP contribution in [0.2, 0.25) is 0 Å². The first-order valence-electron chi connectivity index (χ1n) is 12.9. The Hall–Kier alpha value is -5.24. The summed E-state index contributed by atoms with van der Waals surface area (Å²) in [6, 6.07) is 12.5. The summed E-state index contributed by atoms with van der Waals surface area (Å²) in [5.41, 5.74) is -7.60. The lowest BCUT2D eigenvalue weighted by atomic mass is 9.83. The summed E-state index contributed by atoms with van der Waals surface area (Å²) in [6.07, 6.45) is 0. The average molecular weight is 661 g/mol. The average Bonchev–Trinajstić information content (AvgIpc) is 3.04. The van der Waals surface area contributed by atoms with Crippen molar-refractivity contribution in [2.75, 3.05) is 10.6 Å². The molecule has 0 amide bonds. The summed E-state index contributed by atoms with van der Waals surface area (Å²) in [5.74, 6) is -19.7. The molecule has 0 spiro atoms. The minimum absolute atomic E-state index is 0.124. The summed E-state index contributed by atoms with van der Waals surface area (Å²) in [4.78, 5) is 27.3. The molecule has 46 heavy (non-hydrogen) atoms. The van der Waals surface area contributed by atoms with Gasteiger partial charge in [-0.05, 0) is 12.1 Å². The Morgan fingerprint density at radius 2 is 0.870 bits per heavy atom. The van der Waals surface area contributed by atoms with Crippen LogP contribution in [-0.4, -0.2) is 11.6 Å². The third kappa shape index (κ3) is 4.94. The van der Waals surface area contributed by atoms with Gasteiger partial charge < -0.3 is 10.6 Å². The standard InChI is InChI=1S/C32H13F9N2O2S/c33-15-10-16(34)22(38)26(21(15)37)42-28-25(41)19-20(31(45)14-9-5-4-8-13(14)30(19)44)32(46-12-6-2-1-3-7-12)29(28)43-27-23(39)17(35)11-18(36)24(27)40/h1-11,42-43H. The van der Waals surface area contributed by atoms with Gasteiger partial charge in [-0.3, -0.25) is 9.59 Å². The first-order valence-corrected chi connectivity index (χ1v) is 13.7. The monoisotopic (exact) mass is 660 g/mol. The number of hydrogen-bond acceptors (Lipinski definition) is 5. The SMILES string of the molecule is O=C1c2ccccc2C(=O)c2c(Sc3ccccc3)c(Nc3c(F)c(F)cc(F)c3F)c(Nc3c(F)c(F)cc(F)c3F)c(F)c21. The Labute approximate surface area is 256 Å². The molecule has 0 aromatic heterocycles. The minimum Gasteiger partial charge on any atom is -0.348 e. The molecular weight excluding hydrogens is 647 g/mol. The minimum atomic E-state index is -2.07. The van der Waals surface area contributed by atoms with Crippen molar-refractivity contribution in [1.82, 2.24) is 0 Å². The van der Waals surface area contributed by atoms with Crippen LogP contribution in [0.15, 0.2) is 76.5 Å². The smallest absolute Gasteiger partial charge is 0.197 e. The van der Waals surface area contributed by atoms with Gasteiger partial charge in [-0.1, -0.05) is 54.2 Å². The van der Waals surface area contributed by atoms with Gasteiger partial charge in [-0.2, -0.15) is 0 Å². The fraction of sp³-hybridized carbons (Fsp3) is 0. The predicted octanol–water partition coefficient (Wildman–Crippen LogP) is 9.35. The van der Waals surface area contributed by atoms with E-state index in [0.717, 1.165) is 0 Å². The van der Waals surface area contributed by atoms with E-state index in [1.165, 1.54) is 48.5 Å². The maximum Gasteiger partial charge on any atom is 0.197 e. The van der Waals surface area contributed by atoms with Crippen LogP contribution < -0.4 is 10.6 Å². The van der Waals surface area contributed by atoms with Crippen LogP contribution in [0.4, 0.5) is 62.3 Å². The highest BCUT2D eigenvalue weighted by Gasteiger charge is 2.39. The number of hydrogen-bond donors (Lipinski definition) is 2. The first kappa shape index (κ1) is 30.8. The van der Waals surface area contributed by atoms with Crippen LogP contribution in [0.1, 0.15) is 31.8 Å². The maximum absolute atomic E-state index is 16.6. The van der Waals surface area contributed by atoms with E-state index in [4.69, 9.17) is 0 Å². The van der Waals surface area contributed by atoms with Crippen molar-refractivity contribution >= 4 is 46.1 Å². The lowest BCUT2D eigenvalue weighted by Crippen LogP contribution is -2.25. The van der Waals surface area contributed by atoms with Gasteiger partial charge in [-0.25, -0.2) is 39.5 Å². The Bertz CT molecular complexity index is 2070. The zero-order valence-corrected chi connectivity index (χ0v) is 23.3. The van der Waals surface area contributed by atoms with Gasteiger partial charge in [0.05, 0.1) is 21.7 Å². The molecule has 0 saturated carbocycles. The van der Waals surface area contributed by atoms with Gasteiger partial charge in [0.15, 0.2) is 63.9 Å². The topological polar surface area (TPSA) is 58.2 Å². The predicted molar refractivity (Wildman–Crippen MR) is 149 cm³/mol. The Balaban J connectivity index is 1.74. The molecule has 2 N–H and O–H groups in total. The molecule has 0 unspecified atom stereocenters. The number of carbonyl (C=O) groups is 2. The summed E-state index contributed by atoms with van der Waals surface area (Å²) in [7, 11) is 0. The summed E-state index contributed by atoms with van der Waals surface area (Å²) in [6.45, 7) is 0. The van der Waals surface area contributed by atoms with E-state index < -0.39 is 103 Å². The van der Waals surface area contributed by atoms with E-state index in [9.17, 15) is 44.7 Å². The number of ketones is 2. The lowest BCUT2D eigenvalue weighted by Gasteiger charge is -2.27. The Morgan fingerprint density at radius 1 is 0.457 bits per heavy atom. The lowest BCUT2D eigenvalue weighted by molar-refractivity contribution is 0.0973. The van der Waals surface area contributed by atoms with Crippen LogP contribution in [0.3, 0.4) is 0 Å². The van der Waals surface area contributed by atoms with Crippen molar-refractivity contribution in [2.45, 2.75) is 9.79 Å². The number of nitrogens with one attached hydrogen (secondary N) is 2. The highest BCUT2D eigenvalue weighted by Crippen LogP contribution is 2.49. The summed E-state index contributed by atoms with van der Waals surface area (Å²) >= 11 is 0.587. The maximum atomic E-state index is 16.6. The molecule has 14 heteroatoms. The zero-order valence-electron chi connectivity index (χ0n) is 22.5. The van der Waals surface area contributed by atoms with Gasteiger partial charge in [0.1, 0.15) is 17.1 Å². The largest absolute Gasteiger partial charge is 0.348 e. The molecule has 6 rings (SSSR count). The quantitative estimate of drug-likeness (QED) is 0.138. The zero-order chi connectivity index (χ0) is 33.0. The third-order valence-corrected chi connectivity index (χ3v) is 8.07. The molecule has 4 nitrogen and oxygen atoms in total. The molecule has 1 aliphatic carbocycles. The number of fused-ring (bicyclic) bond motifs is 2. The third-order valence-electron chi connectivity index (χ3n) is 6.95. The van der Waals surface area contributed by atoms with E-state index in [0.29, 0.717) is 11.8 Å². The molecule has 5 aromatic rings. The molecule has 0 aliphatic heterocycles. The Morgan fingerprint density at radius 3 is 1.35 bits per heavy atom. The van der Waals surface area contributed by atoms with Gasteiger partial charge >= 0.3 is 0 Å². The highest BCUT2D eigenvalue weighted by molar-refractivity contribution is 7.99. The van der Waals surface area contributed by atoms with Crippen LogP contribution in [-0.2, 0) is 0 Å². The van der Waals surface area contributed by atoms with Crippen molar-refractivity contribution in [3.8, 4) is 0 Å². The van der Waals surface area contributed by atoms with E-state index in [1.807, 2.05) is 5.32 Å². The van der Waals surface area contributed by atoms with Crippen molar-refractivity contribution < 1.29 is 49.1 Å². The number of carbonyl (C=O) groups excluding carboxylic acids is 2. The summed E-state index contributed by atoms with van der Waals surface area (Å²) < 4.78 is 133. The van der Waals surface area contributed by atoms with Crippen LogP contribution >= 0.6 is 11.8 Å². The van der Waals surface area contributed by atoms with Crippen molar-refractivity contribution in [1.29, 1.82) is 0 Å². The van der Waals surface area contributed by atoms with E-state index in [2.05, 4.69) is 0 Å². The molecule has 5 aromatic carbocycles. The van der Waals surface area contributed by atoms with Crippen LogP contribution in [0.25, 0.3) is 0 Å². The van der Waals surface area contributed by atoms with E-state index in [1.54, 1.807) is 11.4 Å². The molecule has 0 bridgehead atoms. The van der Waals surface area contributed by atoms with Gasteiger partial charge in [-0.15, -0.1) is 0 Å². The second-order valence-corrected chi connectivity index (χ2v) is 10.8. The van der Waals surface area contributed by atoms with Crippen LogP contribution in [0, 0.1) is 52.4 Å². The van der Waals surface area contributed by atoms with Gasteiger partial charge in [0.25, 0.3) is 0 Å². The number of halogens is 9. The second-order valence-electron chi connectivity index (χ2n) is 9.70. The van der Waals surface area contributed by atoms with Crippen molar-refractivity contribution in [2.24, 2.45) is 0 Å². The normalized spacial score (nSPS) is 12.2. The Kier molecular flexibility index (Phi) is 7.76. The molecule has 0 fully saturated rings. The molecule has 0 saturated heterocycles. The van der Waals surface area contributed by atoms with Crippen molar-refractivity contribution in [3.05, 3.63) is 141 Å². The van der Waals surface area contributed by atoms with Crippen LogP contribution in [0.5, 0.6) is 0 Å². The van der Waals surface area contributed by atoms with Gasteiger partial charge in [0.2, 0.25) is 0 Å². The molecular formula is C32H13F9N2O2S. The molecule has 0 heterocycles. The molecule has 1 aliphatic rings. The van der Waals surface area contributed by atoms with E-state index in [-0.39, 0.29) is 28.2 Å². The summed E-state index contributed by atoms with van der Waals surface area (Å²) in [5, 5.41) is 3.78.